The molecular weight excluding hydrogens is 220 g/mol. The number of hydrogen-bond acceptors (Lipinski definition) is 1. The van der Waals surface area contributed by atoms with Crippen LogP contribution in [0.2, 0.25) is 0 Å². The van der Waals surface area contributed by atoms with Crippen molar-refractivity contribution in [1.82, 2.24) is 0 Å². The summed E-state index contributed by atoms with van der Waals surface area (Å²) < 4.78 is 0. The quantitative estimate of drug-likeness (QED) is 0.410. The van der Waals surface area contributed by atoms with Crippen molar-refractivity contribution in [2.45, 2.75) is 64.7 Å². The van der Waals surface area contributed by atoms with Crippen LogP contribution in [-0.4, -0.2) is 6.29 Å². The predicted octanol–water partition coefficient (Wildman–Crippen LogP) is 5.18. The Balaban J connectivity index is 2.09. The molecular formula is C17H26O. The lowest BCUT2D eigenvalue weighted by molar-refractivity contribution is 0.112. The summed E-state index contributed by atoms with van der Waals surface area (Å²) in [5.74, 6) is 0. The highest BCUT2D eigenvalue weighted by Crippen LogP contribution is 2.13. The maximum atomic E-state index is 10.9. The van der Waals surface area contributed by atoms with Crippen molar-refractivity contribution >= 4 is 6.29 Å². The van der Waals surface area contributed by atoms with Crippen molar-refractivity contribution in [3.63, 3.8) is 0 Å². The zero-order valence-electron chi connectivity index (χ0n) is 11.7. The minimum absolute atomic E-state index is 0.862. The molecule has 100 valence electrons. The first-order valence-corrected chi connectivity index (χ1v) is 7.41. The van der Waals surface area contributed by atoms with E-state index in [1.807, 2.05) is 18.2 Å². The fourth-order valence-electron chi connectivity index (χ4n) is 2.33. The molecule has 0 bridgehead atoms. The molecule has 0 N–H and O–H groups in total. The zero-order chi connectivity index (χ0) is 13.1. The summed E-state index contributed by atoms with van der Waals surface area (Å²) in [5.41, 5.74) is 2.07. The van der Waals surface area contributed by atoms with Gasteiger partial charge in [-0.05, 0) is 18.4 Å². The van der Waals surface area contributed by atoms with Crippen molar-refractivity contribution in [1.29, 1.82) is 0 Å². The molecule has 0 atom stereocenters. The van der Waals surface area contributed by atoms with Gasteiger partial charge in [-0.2, -0.15) is 0 Å². The van der Waals surface area contributed by atoms with Gasteiger partial charge >= 0.3 is 0 Å². The Morgan fingerprint density at radius 3 is 2.17 bits per heavy atom. The number of aryl methyl sites for hydroxylation is 1. The van der Waals surface area contributed by atoms with E-state index in [9.17, 15) is 4.79 Å². The Bertz CT molecular complexity index is 330. The van der Waals surface area contributed by atoms with E-state index in [2.05, 4.69) is 13.0 Å². The van der Waals surface area contributed by atoms with Crippen LogP contribution < -0.4 is 0 Å². The second-order valence-corrected chi connectivity index (χ2v) is 5.04. The topological polar surface area (TPSA) is 17.1 Å². The third kappa shape index (κ3) is 6.00. The van der Waals surface area contributed by atoms with Crippen LogP contribution in [0.25, 0.3) is 0 Å². The van der Waals surface area contributed by atoms with Crippen molar-refractivity contribution in [2.75, 3.05) is 0 Å². The lowest BCUT2D eigenvalue weighted by Crippen LogP contribution is -1.92. The molecule has 0 unspecified atom stereocenters. The molecule has 18 heavy (non-hydrogen) atoms. The van der Waals surface area contributed by atoms with Gasteiger partial charge in [-0.1, -0.05) is 76.1 Å². The minimum atomic E-state index is 0.862. The highest BCUT2D eigenvalue weighted by molar-refractivity contribution is 5.77. The molecule has 1 aromatic carbocycles. The van der Waals surface area contributed by atoms with Crippen molar-refractivity contribution in [2.24, 2.45) is 0 Å². The van der Waals surface area contributed by atoms with E-state index in [1.54, 1.807) is 0 Å². The van der Waals surface area contributed by atoms with Gasteiger partial charge in [-0.15, -0.1) is 0 Å². The van der Waals surface area contributed by atoms with Gasteiger partial charge in [0, 0.05) is 5.56 Å². The van der Waals surface area contributed by atoms with E-state index in [0.717, 1.165) is 18.3 Å². The lowest BCUT2D eigenvalue weighted by Gasteiger charge is -2.04. The Labute approximate surface area is 112 Å². The Hall–Kier alpha value is -1.11. The van der Waals surface area contributed by atoms with Crippen LogP contribution >= 0.6 is 0 Å². The molecule has 0 aliphatic rings. The predicted molar refractivity (Wildman–Crippen MR) is 78.1 cm³/mol. The van der Waals surface area contributed by atoms with Crippen LogP contribution in [0.4, 0.5) is 0 Å². The molecule has 1 aromatic rings. The zero-order valence-corrected chi connectivity index (χ0v) is 11.7. The minimum Gasteiger partial charge on any atom is -0.298 e. The van der Waals surface area contributed by atoms with Crippen LogP contribution in [0.5, 0.6) is 0 Å². The fourth-order valence-corrected chi connectivity index (χ4v) is 2.33. The largest absolute Gasteiger partial charge is 0.298 e. The number of carbonyl (C=O) groups is 1. The summed E-state index contributed by atoms with van der Waals surface area (Å²) in [5, 5.41) is 0. The third-order valence-electron chi connectivity index (χ3n) is 3.48. The monoisotopic (exact) mass is 246 g/mol. The molecule has 0 aliphatic carbocycles. The fraction of sp³-hybridized carbons (Fsp3) is 0.588. The molecule has 0 aliphatic heterocycles. The molecule has 0 spiro atoms. The second kappa shape index (κ2) is 9.87. The number of hydrogen-bond donors (Lipinski definition) is 0. The van der Waals surface area contributed by atoms with Crippen LogP contribution in [0.3, 0.4) is 0 Å². The summed E-state index contributed by atoms with van der Waals surface area (Å²) >= 11 is 0. The number of carbonyl (C=O) groups excluding carboxylic acids is 1. The van der Waals surface area contributed by atoms with E-state index in [4.69, 9.17) is 0 Å². The molecule has 0 amide bonds. The van der Waals surface area contributed by atoms with Gasteiger partial charge in [0.1, 0.15) is 6.29 Å². The smallest absolute Gasteiger partial charge is 0.150 e. The van der Waals surface area contributed by atoms with Crippen LogP contribution in [0, 0.1) is 0 Å². The van der Waals surface area contributed by atoms with Gasteiger partial charge in [0.15, 0.2) is 0 Å². The highest BCUT2D eigenvalue weighted by atomic mass is 16.1. The van der Waals surface area contributed by atoms with Crippen LogP contribution in [0.15, 0.2) is 24.3 Å². The average Bonchev–Trinajstić information content (AvgIpc) is 2.42. The molecule has 0 radical (unpaired) electrons. The van der Waals surface area contributed by atoms with Gasteiger partial charge in [0.2, 0.25) is 0 Å². The molecule has 0 saturated heterocycles. The molecule has 0 saturated carbocycles. The second-order valence-electron chi connectivity index (χ2n) is 5.04. The summed E-state index contributed by atoms with van der Waals surface area (Å²) in [6.07, 6.45) is 12.7. The number of aldehydes is 1. The standard InChI is InChI=1S/C17H26O/c1-2-3-4-5-6-7-8-9-12-16-13-10-11-14-17(16)15-18/h10-11,13-15H,2-9,12H2,1H3. The van der Waals surface area contributed by atoms with E-state index < -0.39 is 0 Å². The van der Waals surface area contributed by atoms with Gasteiger partial charge in [-0.25, -0.2) is 0 Å². The molecule has 0 fully saturated rings. The SMILES string of the molecule is CCCCCCCCCCc1ccccc1C=O. The van der Waals surface area contributed by atoms with Gasteiger partial charge in [-0.3, -0.25) is 4.79 Å². The molecule has 0 aromatic heterocycles. The van der Waals surface area contributed by atoms with E-state index >= 15 is 0 Å². The molecule has 1 nitrogen and oxygen atoms in total. The van der Waals surface area contributed by atoms with Gasteiger partial charge in [0.05, 0.1) is 0 Å². The maximum Gasteiger partial charge on any atom is 0.150 e. The maximum absolute atomic E-state index is 10.9. The van der Waals surface area contributed by atoms with Crippen LogP contribution in [0.1, 0.15) is 74.2 Å². The number of unbranched alkanes of at least 4 members (excludes halogenated alkanes) is 7. The summed E-state index contributed by atoms with van der Waals surface area (Å²) in [4.78, 5) is 10.9. The summed E-state index contributed by atoms with van der Waals surface area (Å²) in [6, 6.07) is 7.94. The van der Waals surface area contributed by atoms with Gasteiger partial charge < -0.3 is 0 Å². The first kappa shape index (κ1) is 14.9. The molecule has 1 heteroatoms. The Kier molecular flexibility index (Phi) is 8.20. The van der Waals surface area contributed by atoms with Gasteiger partial charge in [0.25, 0.3) is 0 Å². The van der Waals surface area contributed by atoms with E-state index in [0.29, 0.717) is 0 Å². The van der Waals surface area contributed by atoms with Crippen LogP contribution in [-0.2, 0) is 6.42 Å². The first-order valence-electron chi connectivity index (χ1n) is 7.41. The normalized spacial score (nSPS) is 10.5. The van der Waals surface area contributed by atoms with E-state index in [1.165, 1.54) is 56.9 Å². The molecule has 0 heterocycles. The number of rotatable bonds is 10. The average molecular weight is 246 g/mol. The highest BCUT2D eigenvalue weighted by Gasteiger charge is 1.99. The third-order valence-corrected chi connectivity index (χ3v) is 3.48. The van der Waals surface area contributed by atoms with Crippen molar-refractivity contribution in [3.8, 4) is 0 Å². The van der Waals surface area contributed by atoms with Crippen molar-refractivity contribution in [3.05, 3.63) is 35.4 Å². The lowest BCUT2D eigenvalue weighted by atomic mass is 10.0. The number of benzene rings is 1. The van der Waals surface area contributed by atoms with Crippen molar-refractivity contribution < 1.29 is 4.79 Å². The van der Waals surface area contributed by atoms with E-state index in [-0.39, 0.29) is 0 Å². The summed E-state index contributed by atoms with van der Waals surface area (Å²) in [6.45, 7) is 2.25. The Morgan fingerprint density at radius 2 is 1.50 bits per heavy atom. The molecule has 1 rings (SSSR count). The summed E-state index contributed by atoms with van der Waals surface area (Å²) in [7, 11) is 0. The Morgan fingerprint density at radius 1 is 0.889 bits per heavy atom. The first-order chi connectivity index (χ1) is 8.88.